The summed E-state index contributed by atoms with van der Waals surface area (Å²) in [6.07, 6.45) is 0. The van der Waals surface area contributed by atoms with Gasteiger partial charge in [-0.3, -0.25) is 19.2 Å². The van der Waals surface area contributed by atoms with Gasteiger partial charge < -0.3 is 19.5 Å². The molecule has 8 nitrogen and oxygen atoms in total. The van der Waals surface area contributed by atoms with Crippen LogP contribution in [0.5, 0.6) is 0 Å². The van der Waals surface area contributed by atoms with Gasteiger partial charge in [0.1, 0.15) is 6.61 Å². The van der Waals surface area contributed by atoms with E-state index in [2.05, 4.69) is 5.32 Å². The van der Waals surface area contributed by atoms with Crippen molar-refractivity contribution in [2.75, 3.05) is 26.4 Å². The molecule has 0 saturated carbocycles. The molecular weight excluding hydrogens is 306 g/mol. The lowest BCUT2D eigenvalue weighted by Crippen LogP contribution is -2.43. The molecule has 0 saturated heterocycles. The maximum absolute atomic E-state index is 12.0. The second-order valence-corrected chi connectivity index (χ2v) is 5.61. The van der Waals surface area contributed by atoms with Crippen LogP contribution in [0.2, 0.25) is 0 Å². The Labute approximate surface area is 135 Å². The Balaban J connectivity index is 4.53. The van der Waals surface area contributed by atoms with Gasteiger partial charge in [0, 0.05) is 0 Å². The summed E-state index contributed by atoms with van der Waals surface area (Å²) in [4.78, 5) is 46.9. The Bertz CT molecular complexity index is 422. The van der Waals surface area contributed by atoms with Gasteiger partial charge in [-0.1, -0.05) is 0 Å². The SMILES string of the molecule is CCOC(=O)C(C(=O)NCCOC(=O)C(C)(C)C)C(=O)OCC. The van der Waals surface area contributed by atoms with E-state index in [0.29, 0.717) is 0 Å². The van der Waals surface area contributed by atoms with E-state index in [9.17, 15) is 19.2 Å². The van der Waals surface area contributed by atoms with Crippen molar-refractivity contribution in [2.24, 2.45) is 11.3 Å². The fourth-order valence-electron chi connectivity index (χ4n) is 1.40. The topological polar surface area (TPSA) is 108 Å². The lowest BCUT2D eigenvalue weighted by atomic mass is 9.97. The van der Waals surface area contributed by atoms with Crippen molar-refractivity contribution in [1.82, 2.24) is 5.32 Å². The molecule has 0 aliphatic rings. The maximum atomic E-state index is 12.0. The fourth-order valence-corrected chi connectivity index (χ4v) is 1.40. The smallest absolute Gasteiger partial charge is 0.330 e. The largest absolute Gasteiger partial charge is 0.465 e. The third-order valence-corrected chi connectivity index (χ3v) is 2.55. The molecule has 0 radical (unpaired) electrons. The molecule has 8 heteroatoms. The lowest BCUT2D eigenvalue weighted by Gasteiger charge is -2.17. The zero-order chi connectivity index (χ0) is 18.0. The van der Waals surface area contributed by atoms with E-state index >= 15 is 0 Å². The standard InChI is InChI=1S/C15H25NO7/c1-6-21-12(18)10(13(19)22-7-2)11(17)16-8-9-23-14(20)15(3,4)5/h10H,6-9H2,1-5H3,(H,16,17). The number of rotatable bonds is 8. The first-order valence-corrected chi connectivity index (χ1v) is 7.43. The Morgan fingerprint density at radius 1 is 0.913 bits per heavy atom. The average molecular weight is 331 g/mol. The van der Waals surface area contributed by atoms with Gasteiger partial charge in [-0.15, -0.1) is 0 Å². The molecule has 1 N–H and O–H groups in total. The molecule has 0 aromatic rings. The van der Waals surface area contributed by atoms with Gasteiger partial charge in [-0.05, 0) is 34.6 Å². The van der Waals surface area contributed by atoms with Gasteiger partial charge in [-0.25, -0.2) is 0 Å². The van der Waals surface area contributed by atoms with Crippen LogP contribution in [-0.4, -0.2) is 50.2 Å². The number of nitrogens with one attached hydrogen (secondary N) is 1. The molecule has 0 bridgehead atoms. The van der Waals surface area contributed by atoms with Crippen molar-refractivity contribution in [3.8, 4) is 0 Å². The zero-order valence-electron chi connectivity index (χ0n) is 14.3. The summed E-state index contributed by atoms with van der Waals surface area (Å²) < 4.78 is 14.4. The predicted octanol–water partition coefficient (Wildman–Crippen LogP) is 0.434. The second-order valence-electron chi connectivity index (χ2n) is 5.61. The third-order valence-electron chi connectivity index (χ3n) is 2.55. The number of carbonyl (C=O) groups excluding carboxylic acids is 4. The normalized spacial score (nSPS) is 10.9. The van der Waals surface area contributed by atoms with Crippen LogP contribution in [0.1, 0.15) is 34.6 Å². The van der Waals surface area contributed by atoms with Crippen molar-refractivity contribution in [2.45, 2.75) is 34.6 Å². The molecule has 0 heterocycles. The molecule has 0 unspecified atom stereocenters. The molecule has 0 atom stereocenters. The fraction of sp³-hybridized carbons (Fsp3) is 0.733. The summed E-state index contributed by atoms with van der Waals surface area (Å²) in [5, 5.41) is 2.35. The van der Waals surface area contributed by atoms with Crippen LogP contribution in [0.3, 0.4) is 0 Å². The molecule has 132 valence electrons. The van der Waals surface area contributed by atoms with Gasteiger partial charge >= 0.3 is 17.9 Å². The molecule has 0 aromatic carbocycles. The molecule has 1 amide bonds. The Hall–Kier alpha value is -2.12. The third kappa shape index (κ3) is 7.62. The van der Waals surface area contributed by atoms with E-state index in [1.165, 1.54) is 0 Å². The molecule has 0 fully saturated rings. The first kappa shape index (κ1) is 20.9. The van der Waals surface area contributed by atoms with Crippen LogP contribution >= 0.6 is 0 Å². The van der Waals surface area contributed by atoms with Crippen molar-refractivity contribution >= 4 is 23.8 Å². The summed E-state index contributed by atoms with van der Waals surface area (Å²) in [6, 6.07) is 0. The van der Waals surface area contributed by atoms with Crippen molar-refractivity contribution in [3.05, 3.63) is 0 Å². The number of hydrogen-bond donors (Lipinski definition) is 1. The van der Waals surface area contributed by atoms with Gasteiger partial charge in [0.2, 0.25) is 11.8 Å². The zero-order valence-corrected chi connectivity index (χ0v) is 14.3. The average Bonchev–Trinajstić information content (AvgIpc) is 2.43. The van der Waals surface area contributed by atoms with E-state index in [1.54, 1.807) is 34.6 Å². The maximum Gasteiger partial charge on any atom is 0.330 e. The van der Waals surface area contributed by atoms with Crippen LogP contribution in [0.4, 0.5) is 0 Å². The minimum absolute atomic E-state index is 0.0318. The second kappa shape index (κ2) is 9.81. The summed E-state index contributed by atoms with van der Waals surface area (Å²) >= 11 is 0. The highest BCUT2D eigenvalue weighted by atomic mass is 16.6. The summed E-state index contributed by atoms with van der Waals surface area (Å²) in [6.45, 7) is 8.18. The number of hydrogen-bond acceptors (Lipinski definition) is 7. The van der Waals surface area contributed by atoms with E-state index in [-0.39, 0.29) is 26.4 Å². The van der Waals surface area contributed by atoms with Gasteiger partial charge in [-0.2, -0.15) is 0 Å². The summed E-state index contributed by atoms with van der Waals surface area (Å²) in [7, 11) is 0. The van der Waals surface area contributed by atoms with Crippen LogP contribution in [0.15, 0.2) is 0 Å². The number of carbonyl (C=O) groups is 4. The monoisotopic (exact) mass is 331 g/mol. The lowest BCUT2D eigenvalue weighted by molar-refractivity contribution is -0.165. The minimum Gasteiger partial charge on any atom is -0.465 e. The van der Waals surface area contributed by atoms with Crippen LogP contribution in [-0.2, 0) is 33.4 Å². The number of amides is 1. The molecule has 0 aliphatic heterocycles. The number of ether oxygens (including phenoxy) is 3. The van der Waals surface area contributed by atoms with Crippen molar-refractivity contribution < 1.29 is 33.4 Å². The van der Waals surface area contributed by atoms with Gasteiger partial charge in [0.15, 0.2) is 0 Å². The van der Waals surface area contributed by atoms with Crippen LogP contribution in [0.25, 0.3) is 0 Å². The summed E-state index contributed by atoms with van der Waals surface area (Å²) in [5.74, 6) is -4.91. The van der Waals surface area contributed by atoms with Crippen LogP contribution in [0, 0.1) is 11.3 Å². The Kier molecular flexibility index (Phi) is 8.90. The van der Waals surface area contributed by atoms with Gasteiger partial charge in [0.25, 0.3) is 0 Å². The van der Waals surface area contributed by atoms with E-state index in [1.807, 2.05) is 0 Å². The summed E-state index contributed by atoms with van der Waals surface area (Å²) in [5.41, 5.74) is -0.650. The van der Waals surface area contributed by atoms with Crippen molar-refractivity contribution in [1.29, 1.82) is 0 Å². The number of esters is 3. The van der Waals surface area contributed by atoms with E-state index in [4.69, 9.17) is 14.2 Å². The molecule has 0 aliphatic carbocycles. The Morgan fingerprint density at radius 2 is 1.39 bits per heavy atom. The van der Waals surface area contributed by atoms with Crippen molar-refractivity contribution in [3.63, 3.8) is 0 Å². The molecule has 23 heavy (non-hydrogen) atoms. The van der Waals surface area contributed by atoms with E-state index in [0.717, 1.165) is 0 Å². The Morgan fingerprint density at radius 3 is 1.78 bits per heavy atom. The highest BCUT2D eigenvalue weighted by molar-refractivity contribution is 6.14. The molecule has 0 aromatic heterocycles. The first-order valence-electron chi connectivity index (χ1n) is 7.43. The van der Waals surface area contributed by atoms with Gasteiger partial charge in [0.05, 0.1) is 25.2 Å². The minimum atomic E-state index is -1.69. The van der Waals surface area contributed by atoms with E-state index < -0.39 is 35.1 Å². The molecule has 0 rings (SSSR count). The molecular formula is C15H25NO7. The highest BCUT2D eigenvalue weighted by Crippen LogP contribution is 2.14. The van der Waals surface area contributed by atoms with Crippen LogP contribution < -0.4 is 5.32 Å². The highest BCUT2D eigenvalue weighted by Gasteiger charge is 2.36. The molecule has 0 spiro atoms. The predicted molar refractivity (Wildman–Crippen MR) is 80.2 cm³/mol. The quantitative estimate of drug-likeness (QED) is 0.297. The first-order chi connectivity index (χ1) is 10.6.